The summed E-state index contributed by atoms with van der Waals surface area (Å²) in [7, 11) is 0. The van der Waals surface area contributed by atoms with Gasteiger partial charge in [-0.2, -0.15) is 0 Å². The molecule has 7 aromatic rings. The lowest BCUT2D eigenvalue weighted by Crippen LogP contribution is -2.29. The second-order valence-electron chi connectivity index (χ2n) is 15.0. The highest BCUT2D eigenvalue weighted by Crippen LogP contribution is 2.55. The number of hydrogen-bond donors (Lipinski definition) is 0. The first kappa shape index (κ1) is 25.9. The minimum atomic E-state index is -0.0678. The average molecular weight is 569 g/mol. The van der Waals surface area contributed by atoms with Gasteiger partial charge in [0.1, 0.15) is 0 Å². The Morgan fingerprint density at radius 1 is 0.432 bits per heavy atom. The third-order valence-electron chi connectivity index (χ3n) is 10.1. The standard InChI is InChI=1S/C42H36N2/c1-41(2,3)37-29-19-23-13-7-8-14-24(23)20-30(29)38(42(4,5)6)32-22-34-33(21-31(32)37)43-39-35-25-15-9-11-17-27(25)36(40(39)44-34)28-18-12-10-16-26(28)35/h7-22,35-36H,1-6H3. The van der Waals surface area contributed by atoms with Gasteiger partial charge in [-0.25, -0.2) is 9.97 Å². The van der Waals surface area contributed by atoms with Gasteiger partial charge in [0.05, 0.1) is 34.3 Å². The Morgan fingerprint density at radius 2 is 0.750 bits per heavy atom. The smallest absolute Gasteiger partial charge is 0.0897 e. The van der Waals surface area contributed by atoms with Crippen LogP contribution in [-0.2, 0) is 10.8 Å². The van der Waals surface area contributed by atoms with E-state index in [9.17, 15) is 0 Å². The summed E-state index contributed by atoms with van der Waals surface area (Å²) in [4.78, 5) is 11.1. The zero-order valence-electron chi connectivity index (χ0n) is 26.3. The first-order valence-electron chi connectivity index (χ1n) is 15.9. The van der Waals surface area contributed by atoms with Gasteiger partial charge >= 0.3 is 0 Å². The molecule has 2 heteroatoms. The van der Waals surface area contributed by atoms with Crippen molar-refractivity contribution in [2.75, 3.05) is 0 Å². The molecule has 2 nitrogen and oxygen atoms in total. The number of aromatic nitrogens is 2. The van der Waals surface area contributed by atoms with Crippen molar-refractivity contribution >= 4 is 43.4 Å². The molecule has 3 aliphatic carbocycles. The molecule has 10 rings (SSSR count). The highest BCUT2D eigenvalue weighted by molar-refractivity contribution is 6.13. The van der Waals surface area contributed by atoms with Crippen molar-refractivity contribution in [3.63, 3.8) is 0 Å². The Labute approximate surface area is 258 Å². The van der Waals surface area contributed by atoms with Gasteiger partial charge in [0.15, 0.2) is 0 Å². The maximum absolute atomic E-state index is 5.53. The second kappa shape index (κ2) is 8.54. The Bertz CT molecular complexity index is 2150. The van der Waals surface area contributed by atoms with E-state index < -0.39 is 0 Å². The maximum Gasteiger partial charge on any atom is 0.0897 e. The van der Waals surface area contributed by atoms with E-state index in [1.807, 2.05) is 0 Å². The van der Waals surface area contributed by atoms with Gasteiger partial charge < -0.3 is 0 Å². The van der Waals surface area contributed by atoms with Gasteiger partial charge in [0, 0.05) is 0 Å². The SMILES string of the molecule is CC(C)(C)c1c2cc3ccccc3cc2c(C(C)(C)C)c2cc3nc4c(nc3cc12)C1c2ccccc2C4c2ccccc21. The summed E-state index contributed by atoms with van der Waals surface area (Å²) in [5, 5.41) is 7.87. The van der Waals surface area contributed by atoms with Gasteiger partial charge in [-0.3, -0.25) is 0 Å². The molecular weight excluding hydrogens is 532 g/mol. The van der Waals surface area contributed by atoms with Crippen LogP contribution in [0.25, 0.3) is 43.4 Å². The summed E-state index contributed by atoms with van der Waals surface area (Å²) in [6.45, 7) is 14.1. The van der Waals surface area contributed by atoms with Crippen LogP contribution in [0.5, 0.6) is 0 Å². The predicted molar refractivity (Wildman–Crippen MR) is 184 cm³/mol. The van der Waals surface area contributed by atoms with Crippen molar-refractivity contribution in [1.82, 2.24) is 9.97 Å². The van der Waals surface area contributed by atoms with Crippen LogP contribution in [0, 0.1) is 0 Å². The zero-order chi connectivity index (χ0) is 30.1. The fourth-order valence-electron chi connectivity index (χ4n) is 8.53. The summed E-state index contributed by atoms with van der Waals surface area (Å²) in [5.74, 6) is 0.232. The van der Waals surface area contributed by atoms with Gasteiger partial charge in [-0.1, -0.05) is 114 Å². The molecule has 1 heterocycles. The van der Waals surface area contributed by atoms with E-state index in [-0.39, 0.29) is 22.7 Å². The highest BCUT2D eigenvalue weighted by atomic mass is 14.9. The van der Waals surface area contributed by atoms with E-state index >= 15 is 0 Å². The van der Waals surface area contributed by atoms with Gasteiger partial charge in [-0.05, 0) is 101 Å². The molecule has 0 atom stereocenters. The summed E-state index contributed by atoms with van der Waals surface area (Å²) in [5.41, 5.74) is 12.4. The van der Waals surface area contributed by atoms with Gasteiger partial charge in [0.25, 0.3) is 0 Å². The molecule has 0 saturated heterocycles. The molecule has 2 bridgehead atoms. The lowest BCUT2D eigenvalue weighted by molar-refractivity contribution is 0.593. The van der Waals surface area contributed by atoms with Gasteiger partial charge in [-0.15, -0.1) is 0 Å². The van der Waals surface area contributed by atoms with Crippen LogP contribution in [0.1, 0.15) is 98.1 Å². The van der Waals surface area contributed by atoms with Crippen molar-refractivity contribution in [2.45, 2.75) is 64.2 Å². The van der Waals surface area contributed by atoms with Crippen LogP contribution < -0.4 is 0 Å². The Morgan fingerprint density at radius 3 is 1.09 bits per heavy atom. The summed E-state index contributed by atoms with van der Waals surface area (Å²) >= 11 is 0. The molecule has 214 valence electrons. The highest BCUT2D eigenvalue weighted by Gasteiger charge is 2.43. The number of rotatable bonds is 0. The number of fused-ring (bicyclic) bond motifs is 4. The van der Waals surface area contributed by atoms with Crippen LogP contribution in [0.15, 0.2) is 97.1 Å². The van der Waals surface area contributed by atoms with Gasteiger partial charge in [0.2, 0.25) is 0 Å². The molecule has 0 spiro atoms. The normalized spacial score (nSPS) is 17.3. The minimum Gasteiger partial charge on any atom is -0.248 e. The molecule has 0 aliphatic heterocycles. The monoisotopic (exact) mass is 568 g/mol. The predicted octanol–water partition coefficient (Wildman–Crippen LogP) is 10.7. The van der Waals surface area contributed by atoms with Crippen LogP contribution in [0.2, 0.25) is 0 Å². The molecule has 1 aromatic heterocycles. The molecule has 0 radical (unpaired) electrons. The number of benzene rings is 6. The topological polar surface area (TPSA) is 25.8 Å². The Kier molecular flexibility index (Phi) is 5.03. The van der Waals surface area contributed by atoms with E-state index in [0.717, 1.165) is 22.4 Å². The number of hydrogen-bond acceptors (Lipinski definition) is 2. The van der Waals surface area contributed by atoms with Crippen molar-refractivity contribution in [1.29, 1.82) is 0 Å². The third kappa shape index (κ3) is 3.43. The van der Waals surface area contributed by atoms with Crippen molar-refractivity contribution in [3.8, 4) is 0 Å². The van der Waals surface area contributed by atoms with E-state index in [1.54, 1.807) is 0 Å². The van der Waals surface area contributed by atoms with Crippen molar-refractivity contribution in [3.05, 3.63) is 142 Å². The molecular formula is C42H36N2. The molecule has 44 heavy (non-hydrogen) atoms. The van der Waals surface area contributed by atoms with E-state index in [2.05, 4.69) is 139 Å². The first-order chi connectivity index (χ1) is 21.1. The second-order valence-corrected chi connectivity index (χ2v) is 15.0. The molecule has 0 fully saturated rings. The minimum absolute atomic E-state index is 0.0678. The summed E-state index contributed by atoms with van der Waals surface area (Å²) < 4.78 is 0. The van der Waals surface area contributed by atoms with E-state index in [4.69, 9.17) is 9.97 Å². The average Bonchev–Trinajstić information content (AvgIpc) is 2.99. The van der Waals surface area contributed by atoms with Crippen molar-refractivity contribution < 1.29 is 0 Å². The molecule has 0 saturated carbocycles. The third-order valence-corrected chi connectivity index (χ3v) is 10.1. The summed E-state index contributed by atoms with van der Waals surface area (Å²) in [6, 6.07) is 36.2. The summed E-state index contributed by atoms with van der Waals surface area (Å²) in [6.07, 6.45) is 0. The van der Waals surface area contributed by atoms with E-state index in [1.165, 1.54) is 65.7 Å². The lowest BCUT2D eigenvalue weighted by atomic mass is 9.64. The van der Waals surface area contributed by atoms with Crippen LogP contribution in [0.3, 0.4) is 0 Å². The first-order valence-corrected chi connectivity index (χ1v) is 15.9. The fourth-order valence-corrected chi connectivity index (χ4v) is 8.53. The lowest BCUT2D eigenvalue weighted by Gasteiger charge is -2.40. The molecule has 0 unspecified atom stereocenters. The molecule has 6 aromatic carbocycles. The van der Waals surface area contributed by atoms with Crippen LogP contribution in [-0.4, -0.2) is 9.97 Å². The maximum atomic E-state index is 5.53. The van der Waals surface area contributed by atoms with Crippen LogP contribution >= 0.6 is 0 Å². The van der Waals surface area contributed by atoms with Crippen LogP contribution in [0.4, 0.5) is 0 Å². The molecule has 3 aliphatic rings. The zero-order valence-corrected chi connectivity index (χ0v) is 26.3. The van der Waals surface area contributed by atoms with E-state index in [0.29, 0.717) is 0 Å². The quantitative estimate of drug-likeness (QED) is 0.170. The van der Waals surface area contributed by atoms with Crippen molar-refractivity contribution in [2.24, 2.45) is 0 Å². The number of nitrogens with zero attached hydrogens (tertiary/aromatic N) is 2. The molecule has 0 amide bonds. The largest absolute Gasteiger partial charge is 0.248 e. The Balaban J connectivity index is 1.43. The Hall–Kier alpha value is -4.56. The molecule has 0 N–H and O–H groups in total. The fraction of sp³-hybridized carbons (Fsp3) is 0.238.